The third kappa shape index (κ3) is 7.18. The summed E-state index contributed by atoms with van der Waals surface area (Å²) in [4.78, 5) is 11.9. The molecule has 5 nitrogen and oxygen atoms in total. The largest absolute Gasteiger partial charge is 0.423 e. The first-order chi connectivity index (χ1) is 14.9. The second kappa shape index (κ2) is 11.3. The summed E-state index contributed by atoms with van der Waals surface area (Å²) in [5.74, 6) is -0.177. The highest BCUT2D eigenvalue weighted by Gasteiger charge is 2.55. The Labute approximate surface area is 209 Å². The lowest BCUT2D eigenvalue weighted by Gasteiger charge is -2.32. The molecular weight excluding hydrogens is 625 g/mol. The van der Waals surface area contributed by atoms with Crippen molar-refractivity contribution in [3.63, 3.8) is 0 Å². The molecule has 2 atom stereocenters. The van der Waals surface area contributed by atoms with Crippen LogP contribution in [-0.4, -0.2) is 36.9 Å². The molecule has 0 aromatic heterocycles. The van der Waals surface area contributed by atoms with Gasteiger partial charge in [0.15, 0.2) is 0 Å². The average molecular weight is 647 g/mol. The fourth-order valence-corrected chi connectivity index (χ4v) is 4.61. The van der Waals surface area contributed by atoms with Crippen LogP contribution >= 0.6 is 47.8 Å². The van der Waals surface area contributed by atoms with Gasteiger partial charge in [0.25, 0.3) is 0 Å². The number of rotatable bonds is 9. The summed E-state index contributed by atoms with van der Waals surface area (Å²) in [7, 11) is 1.52. The van der Waals surface area contributed by atoms with Crippen LogP contribution in [0.25, 0.3) is 0 Å². The van der Waals surface area contributed by atoms with Crippen LogP contribution in [0.5, 0.6) is 0 Å². The highest BCUT2D eigenvalue weighted by Crippen LogP contribution is 2.41. The molecule has 0 spiro atoms. The Morgan fingerprint density at radius 3 is 2.28 bits per heavy atom. The number of alkyl halides is 3. The van der Waals surface area contributed by atoms with Crippen LogP contribution in [0.4, 0.5) is 18.9 Å². The maximum absolute atomic E-state index is 13.8. The highest BCUT2D eigenvalue weighted by atomic mass is 79.9. The number of methoxy groups -OCH3 is 1. The molecule has 0 heterocycles. The minimum absolute atomic E-state index is 0.177. The number of carbonyl (C=O) groups excluding carboxylic acids is 1. The van der Waals surface area contributed by atoms with Crippen LogP contribution in [0, 0.1) is 0 Å². The number of anilines is 1. The molecule has 3 N–H and O–H groups in total. The first-order valence-corrected chi connectivity index (χ1v) is 11.8. The molecular formula is C21H22Br3F3N2O3. The van der Waals surface area contributed by atoms with Crippen LogP contribution < -0.4 is 10.6 Å². The van der Waals surface area contributed by atoms with Crippen molar-refractivity contribution < 1.29 is 27.8 Å². The van der Waals surface area contributed by atoms with E-state index in [1.807, 2.05) is 0 Å². The molecule has 0 unspecified atom stereocenters. The molecule has 176 valence electrons. The lowest BCUT2D eigenvalue weighted by atomic mass is 9.93. The van der Waals surface area contributed by atoms with Gasteiger partial charge in [0.2, 0.25) is 11.5 Å². The van der Waals surface area contributed by atoms with E-state index in [9.17, 15) is 23.1 Å². The molecule has 1 amide bonds. The number of halogens is 6. The average Bonchev–Trinajstić information content (AvgIpc) is 2.69. The summed E-state index contributed by atoms with van der Waals surface area (Å²) in [5.41, 5.74) is -2.30. The van der Waals surface area contributed by atoms with Gasteiger partial charge in [0.05, 0.1) is 19.1 Å². The van der Waals surface area contributed by atoms with Crippen LogP contribution in [0.2, 0.25) is 0 Å². The molecule has 0 bridgehead atoms. The van der Waals surface area contributed by atoms with Crippen LogP contribution in [-0.2, 0) is 21.7 Å². The molecule has 2 aromatic rings. The predicted molar refractivity (Wildman–Crippen MR) is 127 cm³/mol. The minimum Gasteiger partial charge on any atom is -0.381 e. The van der Waals surface area contributed by atoms with Gasteiger partial charge in [-0.1, -0.05) is 53.9 Å². The second-order valence-corrected chi connectivity index (χ2v) is 9.89. The molecule has 0 saturated heterocycles. The van der Waals surface area contributed by atoms with Crippen molar-refractivity contribution in [1.29, 1.82) is 0 Å². The Hall–Kier alpha value is -1.14. The topological polar surface area (TPSA) is 70.6 Å². The quantitative estimate of drug-likeness (QED) is 0.319. The van der Waals surface area contributed by atoms with E-state index in [4.69, 9.17) is 4.74 Å². The van der Waals surface area contributed by atoms with Crippen molar-refractivity contribution in [1.82, 2.24) is 5.32 Å². The summed E-state index contributed by atoms with van der Waals surface area (Å²) in [6.07, 6.45) is -4.90. The molecule has 0 aliphatic rings. The van der Waals surface area contributed by atoms with Gasteiger partial charge < -0.3 is 20.5 Å². The molecule has 0 saturated carbocycles. The van der Waals surface area contributed by atoms with Gasteiger partial charge in [-0.2, -0.15) is 13.2 Å². The Morgan fingerprint density at radius 1 is 1.12 bits per heavy atom. The molecule has 11 heteroatoms. The molecule has 2 rings (SSSR count). The zero-order valence-electron chi connectivity index (χ0n) is 17.2. The third-order valence-electron chi connectivity index (χ3n) is 4.76. The van der Waals surface area contributed by atoms with E-state index in [1.54, 1.807) is 31.2 Å². The van der Waals surface area contributed by atoms with Gasteiger partial charge in [-0.15, -0.1) is 0 Å². The first-order valence-electron chi connectivity index (χ1n) is 9.43. The van der Waals surface area contributed by atoms with Gasteiger partial charge in [0.1, 0.15) is 0 Å². The van der Waals surface area contributed by atoms with Gasteiger partial charge >= 0.3 is 6.18 Å². The van der Waals surface area contributed by atoms with Gasteiger partial charge in [0, 0.05) is 32.8 Å². The molecule has 0 aliphatic heterocycles. The first kappa shape index (κ1) is 27.1. The van der Waals surface area contributed by atoms with E-state index in [0.717, 1.165) is 5.56 Å². The van der Waals surface area contributed by atoms with Gasteiger partial charge in [-0.3, -0.25) is 4.79 Å². The molecule has 2 aromatic carbocycles. The van der Waals surface area contributed by atoms with Crippen molar-refractivity contribution in [3.8, 4) is 0 Å². The molecule has 0 aliphatic carbocycles. The Morgan fingerprint density at radius 2 is 1.75 bits per heavy atom. The van der Waals surface area contributed by atoms with E-state index >= 15 is 0 Å². The molecule has 0 fully saturated rings. The SMILES string of the molecule is CO[C@H](C)CC(=O)NCc1ccc(NC[C@](O)(c2cc(Br)cc(Br)c2)C(F)(F)F)cc1Br. The standard InChI is InChI=1S/C21H22Br3F3N2O3/c1-12(32-2)5-19(30)28-10-13-3-4-17(9-18(13)24)29-11-20(31,21(25,26)27)14-6-15(22)8-16(23)7-14/h3-4,6-9,12,29,31H,5,10-11H2,1-2H3,(H,28,30)/t12-,20+/m1/s1. The summed E-state index contributed by atoms with van der Waals surface area (Å²) < 4.78 is 47.9. The smallest absolute Gasteiger partial charge is 0.381 e. The third-order valence-corrected chi connectivity index (χ3v) is 6.42. The van der Waals surface area contributed by atoms with Gasteiger partial charge in [-0.05, 0) is 48.4 Å². The second-order valence-electron chi connectivity index (χ2n) is 7.20. The number of benzene rings is 2. The Bertz CT molecular complexity index is 939. The zero-order valence-corrected chi connectivity index (χ0v) is 22.0. The number of nitrogens with one attached hydrogen (secondary N) is 2. The summed E-state index contributed by atoms with van der Waals surface area (Å²) in [6, 6.07) is 8.88. The van der Waals surface area contributed by atoms with Crippen LogP contribution in [0.3, 0.4) is 0 Å². The van der Waals surface area contributed by atoms with Crippen molar-refractivity contribution >= 4 is 59.4 Å². The lowest BCUT2D eigenvalue weighted by molar-refractivity contribution is -0.260. The number of ether oxygens (including phenoxy) is 1. The van der Waals surface area contributed by atoms with Crippen LogP contribution in [0.1, 0.15) is 24.5 Å². The van der Waals surface area contributed by atoms with Crippen molar-refractivity contribution in [2.24, 2.45) is 0 Å². The zero-order chi connectivity index (χ0) is 24.1. The van der Waals surface area contributed by atoms with E-state index in [-0.39, 0.29) is 30.5 Å². The summed E-state index contributed by atoms with van der Waals surface area (Å²) in [6.45, 7) is 1.23. The number of aliphatic hydroxyl groups is 1. The maximum Gasteiger partial charge on any atom is 0.423 e. The van der Waals surface area contributed by atoms with E-state index in [2.05, 4.69) is 58.4 Å². The highest BCUT2D eigenvalue weighted by molar-refractivity contribution is 9.11. The minimum atomic E-state index is -4.92. The van der Waals surface area contributed by atoms with E-state index < -0.39 is 18.3 Å². The fraction of sp³-hybridized carbons (Fsp3) is 0.381. The normalized spacial score (nSPS) is 14.5. The fourth-order valence-electron chi connectivity index (χ4n) is 2.80. The number of amides is 1. The van der Waals surface area contributed by atoms with Gasteiger partial charge in [-0.25, -0.2) is 0 Å². The maximum atomic E-state index is 13.8. The molecule has 32 heavy (non-hydrogen) atoms. The Kier molecular flexibility index (Phi) is 9.59. The summed E-state index contributed by atoms with van der Waals surface area (Å²) >= 11 is 9.68. The monoisotopic (exact) mass is 644 g/mol. The van der Waals surface area contributed by atoms with Crippen molar-refractivity contribution in [2.45, 2.75) is 37.8 Å². The Balaban J connectivity index is 2.12. The van der Waals surface area contributed by atoms with E-state index in [1.165, 1.54) is 19.2 Å². The number of carbonyl (C=O) groups is 1. The van der Waals surface area contributed by atoms with Crippen molar-refractivity contribution in [3.05, 3.63) is 60.9 Å². The number of hydrogen-bond acceptors (Lipinski definition) is 4. The van der Waals surface area contributed by atoms with Crippen molar-refractivity contribution in [2.75, 3.05) is 19.0 Å². The predicted octanol–water partition coefficient (Wildman–Crippen LogP) is 5.88. The number of hydrogen-bond donors (Lipinski definition) is 3. The van der Waals surface area contributed by atoms with Crippen LogP contribution in [0.15, 0.2) is 49.8 Å². The molecule has 0 radical (unpaired) electrons. The van der Waals surface area contributed by atoms with E-state index in [0.29, 0.717) is 19.1 Å². The summed E-state index contributed by atoms with van der Waals surface area (Å²) in [5, 5.41) is 16.0. The lowest BCUT2D eigenvalue weighted by Crippen LogP contribution is -2.47.